The standard InChI is InChI=1S/C19H33N6O3P/c1-29(2,3)10-7-13-15(26)16(27)19(28-13)25-12-24-14-17(22-11-23-18(14)25)21-9-6-4-5-8-20/h11-13,15-16,19,26-27H,1,4-10,20H2,2-3H3,(H,21,22,23)/t13-,15-,16-,19?/m1/s1. The molecule has 3 rings (SSSR count). The Kier molecular flexibility index (Phi) is 7.29. The van der Waals surface area contributed by atoms with Crippen LogP contribution in [0.5, 0.6) is 0 Å². The number of nitrogens with two attached hydrogens (primary N) is 1. The largest absolute Gasteiger partial charge is 0.388 e. The molecule has 5 N–H and O–H groups in total. The van der Waals surface area contributed by atoms with Crippen molar-refractivity contribution in [2.45, 2.75) is 50.2 Å². The van der Waals surface area contributed by atoms with Crippen LogP contribution >= 0.6 is 6.89 Å². The smallest absolute Gasteiger partial charge is 0.167 e. The molecule has 4 atom stereocenters. The number of nitrogens with zero attached hydrogens (tertiary/aromatic N) is 4. The normalized spacial score (nSPS) is 25.0. The van der Waals surface area contributed by atoms with Crippen molar-refractivity contribution >= 4 is 30.2 Å². The molecule has 2 aromatic heterocycles. The second-order valence-corrected chi connectivity index (χ2v) is 12.6. The van der Waals surface area contributed by atoms with Gasteiger partial charge in [-0.2, -0.15) is 0 Å². The molecule has 3 heterocycles. The second kappa shape index (κ2) is 9.53. The fourth-order valence-corrected chi connectivity index (χ4v) is 4.45. The summed E-state index contributed by atoms with van der Waals surface area (Å²) in [5, 5.41) is 24.3. The molecule has 29 heavy (non-hydrogen) atoms. The number of rotatable bonds is 10. The molecule has 0 bridgehead atoms. The SMILES string of the molecule is C=P(C)(C)CC[C@H]1OC(n2cnc3c(NCCCCCN)ncnc32)[C@H](O)[C@@H]1O. The number of nitrogens with one attached hydrogen (secondary N) is 1. The Balaban J connectivity index is 1.73. The van der Waals surface area contributed by atoms with Crippen molar-refractivity contribution in [2.75, 3.05) is 37.9 Å². The molecule has 0 amide bonds. The molecule has 9 nitrogen and oxygen atoms in total. The predicted octanol–water partition coefficient (Wildman–Crippen LogP) is 1.09. The number of anilines is 1. The highest BCUT2D eigenvalue weighted by atomic mass is 31.2. The minimum atomic E-state index is -1.24. The van der Waals surface area contributed by atoms with Crippen LogP contribution in [0, 0.1) is 0 Å². The molecule has 162 valence electrons. The van der Waals surface area contributed by atoms with Gasteiger partial charge in [0.15, 0.2) is 23.2 Å². The van der Waals surface area contributed by atoms with Gasteiger partial charge in [-0.05, 0) is 45.3 Å². The van der Waals surface area contributed by atoms with Crippen molar-refractivity contribution in [2.24, 2.45) is 5.73 Å². The number of hydrogen-bond acceptors (Lipinski definition) is 8. The second-order valence-electron chi connectivity index (χ2n) is 8.32. The van der Waals surface area contributed by atoms with Crippen molar-refractivity contribution in [1.82, 2.24) is 19.5 Å². The summed E-state index contributed by atoms with van der Waals surface area (Å²) < 4.78 is 7.70. The third-order valence-electron chi connectivity index (χ3n) is 5.16. The quantitative estimate of drug-likeness (QED) is 0.329. The summed E-state index contributed by atoms with van der Waals surface area (Å²) in [6.07, 6.45) is 8.68. The van der Waals surface area contributed by atoms with E-state index in [2.05, 4.69) is 39.9 Å². The Hall–Kier alpha value is -1.51. The number of unbranched alkanes of at least 4 members (excludes halogenated alkanes) is 2. The van der Waals surface area contributed by atoms with Crippen LogP contribution < -0.4 is 11.1 Å². The maximum Gasteiger partial charge on any atom is 0.167 e. The van der Waals surface area contributed by atoms with Crippen molar-refractivity contribution in [3.05, 3.63) is 12.7 Å². The van der Waals surface area contributed by atoms with E-state index in [1.54, 1.807) is 10.9 Å². The molecule has 0 saturated carbocycles. The van der Waals surface area contributed by atoms with E-state index in [9.17, 15) is 10.2 Å². The van der Waals surface area contributed by atoms with E-state index in [1.165, 1.54) is 6.33 Å². The molecule has 1 fully saturated rings. The van der Waals surface area contributed by atoms with Crippen LogP contribution in [0.15, 0.2) is 12.7 Å². The van der Waals surface area contributed by atoms with Crippen LogP contribution in [0.25, 0.3) is 11.2 Å². The minimum Gasteiger partial charge on any atom is -0.388 e. The van der Waals surface area contributed by atoms with E-state index in [-0.39, 0.29) is 0 Å². The van der Waals surface area contributed by atoms with Gasteiger partial charge in [0, 0.05) is 6.54 Å². The van der Waals surface area contributed by atoms with Gasteiger partial charge in [-0.25, -0.2) is 15.0 Å². The number of aliphatic hydroxyl groups is 2. The molecule has 1 aliphatic heterocycles. The summed E-state index contributed by atoms with van der Waals surface area (Å²) in [5.41, 5.74) is 6.70. The number of hydrogen-bond donors (Lipinski definition) is 4. The first-order valence-corrected chi connectivity index (χ1v) is 13.2. The highest BCUT2D eigenvalue weighted by Gasteiger charge is 2.44. The van der Waals surface area contributed by atoms with Crippen molar-refractivity contribution < 1.29 is 14.9 Å². The average Bonchev–Trinajstić information content (AvgIpc) is 3.22. The first-order valence-electron chi connectivity index (χ1n) is 10.1. The van der Waals surface area contributed by atoms with E-state index in [4.69, 9.17) is 10.5 Å². The van der Waals surface area contributed by atoms with Gasteiger partial charge in [-0.3, -0.25) is 4.57 Å². The van der Waals surface area contributed by atoms with E-state index in [0.717, 1.165) is 32.0 Å². The average molecular weight is 424 g/mol. The maximum atomic E-state index is 10.6. The van der Waals surface area contributed by atoms with Crippen LogP contribution in [0.1, 0.15) is 31.9 Å². The van der Waals surface area contributed by atoms with Gasteiger partial charge in [0.25, 0.3) is 0 Å². The van der Waals surface area contributed by atoms with E-state index < -0.39 is 31.4 Å². The molecule has 10 heteroatoms. The zero-order valence-electron chi connectivity index (χ0n) is 17.2. The number of aromatic nitrogens is 4. The minimum absolute atomic E-state index is 0.435. The van der Waals surface area contributed by atoms with Gasteiger partial charge in [0.05, 0.1) is 12.4 Å². The summed E-state index contributed by atoms with van der Waals surface area (Å²) in [6.45, 7) is 4.53. The Labute approximate surface area is 171 Å². The molecule has 0 aliphatic carbocycles. The van der Waals surface area contributed by atoms with Gasteiger partial charge < -0.3 is 26.0 Å². The fourth-order valence-electron chi connectivity index (χ4n) is 3.49. The molecule has 1 unspecified atom stereocenters. The van der Waals surface area contributed by atoms with Crippen molar-refractivity contribution in [3.63, 3.8) is 0 Å². The van der Waals surface area contributed by atoms with E-state index >= 15 is 0 Å². The lowest BCUT2D eigenvalue weighted by molar-refractivity contribution is -0.0353. The predicted molar refractivity (Wildman–Crippen MR) is 118 cm³/mol. The topological polar surface area (TPSA) is 131 Å². The van der Waals surface area contributed by atoms with E-state index in [0.29, 0.717) is 29.9 Å². The Morgan fingerprint density at radius 2 is 2.00 bits per heavy atom. The third-order valence-corrected chi connectivity index (χ3v) is 6.63. The van der Waals surface area contributed by atoms with Gasteiger partial charge in [-0.15, -0.1) is 13.2 Å². The molecule has 0 spiro atoms. The summed E-state index contributed by atoms with van der Waals surface area (Å²) in [4.78, 5) is 13.0. The number of fused-ring (bicyclic) bond motifs is 1. The summed E-state index contributed by atoms with van der Waals surface area (Å²) >= 11 is 0. The fraction of sp³-hybridized carbons (Fsp3) is 0.684. The van der Waals surface area contributed by atoms with Crippen LogP contribution in [0.4, 0.5) is 5.82 Å². The lowest BCUT2D eigenvalue weighted by Gasteiger charge is -2.18. The van der Waals surface area contributed by atoms with Crippen LogP contribution in [0.2, 0.25) is 0 Å². The van der Waals surface area contributed by atoms with Gasteiger partial charge in [-0.1, -0.05) is 6.42 Å². The number of imidazole rings is 1. The molecule has 1 saturated heterocycles. The maximum absolute atomic E-state index is 10.6. The monoisotopic (exact) mass is 424 g/mol. The molecule has 1 aliphatic rings. The van der Waals surface area contributed by atoms with Crippen molar-refractivity contribution in [3.8, 4) is 0 Å². The Morgan fingerprint density at radius 3 is 2.72 bits per heavy atom. The summed E-state index contributed by atoms with van der Waals surface area (Å²) in [5.74, 6) is 0.648. The lowest BCUT2D eigenvalue weighted by atomic mass is 10.1. The zero-order chi connectivity index (χ0) is 21.0. The molecule has 0 aromatic carbocycles. The first-order chi connectivity index (χ1) is 13.8. The van der Waals surface area contributed by atoms with Gasteiger partial charge in [0.1, 0.15) is 18.5 Å². The third kappa shape index (κ3) is 5.35. The number of ether oxygens (including phenoxy) is 1. The van der Waals surface area contributed by atoms with Gasteiger partial charge in [0.2, 0.25) is 0 Å². The van der Waals surface area contributed by atoms with Crippen molar-refractivity contribution in [1.29, 1.82) is 0 Å². The summed E-state index contributed by atoms with van der Waals surface area (Å²) in [7, 11) is 0. The first kappa shape index (κ1) is 22.2. The molecule has 2 aromatic rings. The summed E-state index contributed by atoms with van der Waals surface area (Å²) in [6, 6.07) is 0. The molecular weight excluding hydrogens is 391 g/mol. The van der Waals surface area contributed by atoms with E-state index in [1.807, 2.05) is 0 Å². The van der Waals surface area contributed by atoms with Crippen LogP contribution in [-0.2, 0) is 4.74 Å². The van der Waals surface area contributed by atoms with Crippen LogP contribution in [0.3, 0.4) is 0 Å². The highest BCUT2D eigenvalue weighted by Crippen LogP contribution is 2.40. The van der Waals surface area contributed by atoms with Gasteiger partial charge >= 0.3 is 0 Å². The lowest BCUT2D eigenvalue weighted by Crippen LogP contribution is -2.31. The molecule has 0 radical (unpaired) electrons. The highest BCUT2D eigenvalue weighted by molar-refractivity contribution is 7.72. The Morgan fingerprint density at radius 1 is 1.21 bits per heavy atom. The molecular formula is C19H33N6O3P. The van der Waals surface area contributed by atoms with Crippen LogP contribution in [-0.4, -0.2) is 86.9 Å². The zero-order valence-corrected chi connectivity index (χ0v) is 18.1. The number of aliphatic hydroxyl groups excluding tert-OH is 2. The Bertz CT molecular complexity index is 854.